The van der Waals surface area contributed by atoms with Crippen molar-refractivity contribution in [1.82, 2.24) is 9.78 Å². The molecular weight excluding hydrogens is 324 g/mol. The summed E-state index contributed by atoms with van der Waals surface area (Å²) in [6.45, 7) is 6.12. The lowest BCUT2D eigenvalue weighted by molar-refractivity contribution is -0.384. The van der Waals surface area contributed by atoms with Crippen LogP contribution in [0.2, 0.25) is 0 Å². The number of rotatable bonds is 2. The molecule has 106 valence electrons. The minimum atomic E-state index is -0.438. The number of hydrogen-bond acceptors (Lipinski definition) is 4. The summed E-state index contributed by atoms with van der Waals surface area (Å²) in [4.78, 5) is 10.2. The molecular formula is C13H15BrN4O2. The summed E-state index contributed by atoms with van der Waals surface area (Å²) >= 11 is 3.46. The van der Waals surface area contributed by atoms with Gasteiger partial charge in [-0.25, -0.2) is 4.68 Å². The summed E-state index contributed by atoms with van der Waals surface area (Å²) in [6, 6.07) is 6.11. The number of nitrogens with zero attached hydrogens (tertiary/aromatic N) is 3. The molecule has 0 aliphatic rings. The van der Waals surface area contributed by atoms with Gasteiger partial charge in [0.2, 0.25) is 0 Å². The van der Waals surface area contributed by atoms with Crippen molar-refractivity contribution in [2.24, 2.45) is 0 Å². The Morgan fingerprint density at radius 3 is 2.25 bits per heavy atom. The minimum absolute atomic E-state index is 0.0367. The summed E-state index contributed by atoms with van der Waals surface area (Å²) < 4.78 is 2.33. The van der Waals surface area contributed by atoms with Gasteiger partial charge in [-0.05, 0) is 28.1 Å². The lowest BCUT2D eigenvalue weighted by Gasteiger charge is -2.15. The molecule has 0 bridgehead atoms. The molecule has 0 atom stereocenters. The maximum atomic E-state index is 10.7. The fourth-order valence-electron chi connectivity index (χ4n) is 1.80. The van der Waals surface area contributed by atoms with Gasteiger partial charge in [0.25, 0.3) is 5.69 Å². The SMILES string of the molecule is CC(C)(C)c1nn(-c2ccc([N+](=O)[O-])cc2)c(N)c1Br. The third-order valence-electron chi connectivity index (χ3n) is 2.88. The molecule has 0 amide bonds. The second-order valence-corrected chi connectivity index (χ2v) is 6.28. The maximum absolute atomic E-state index is 10.7. The van der Waals surface area contributed by atoms with E-state index >= 15 is 0 Å². The van der Waals surface area contributed by atoms with Crippen molar-refractivity contribution >= 4 is 27.4 Å². The molecule has 0 saturated heterocycles. The number of hydrogen-bond donors (Lipinski definition) is 1. The van der Waals surface area contributed by atoms with Crippen LogP contribution in [-0.4, -0.2) is 14.7 Å². The zero-order valence-electron chi connectivity index (χ0n) is 11.4. The van der Waals surface area contributed by atoms with Crippen LogP contribution in [0.1, 0.15) is 26.5 Å². The average molecular weight is 339 g/mol. The molecule has 2 rings (SSSR count). The molecule has 0 unspecified atom stereocenters. The van der Waals surface area contributed by atoms with Gasteiger partial charge in [-0.1, -0.05) is 20.8 Å². The van der Waals surface area contributed by atoms with Crippen LogP contribution in [0.3, 0.4) is 0 Å². The van der Waals surface area contributed by atoms with E-state index in [1.54, 1.807) is 16.8 Å². The van der Waals surface area contributed by atoms with Crippen molar-refractivity contribution in [3.05, 3.63) is 44.5 Å². The molecule has 6 nitrogen and oxygen atoms in total. The van der Waals surface area contributed by atoms with E-state index in [1.165, 1.54) is 12.1 Å². The normalized spacial score (nSPS) is 11.6. The van der Waals surface area contributed by atoms with E-state index in [0.717, 1.165) is 10.2 Å². The fraction of sp³-hybridized carbons (Fsp3) is 0.308. The van der Waals surface area contributed by atoms with Crippen molar-refractivity contribution in [2.75, 3.05) is 5.73 Å². The lowest BCUT2D eigenvalue weighted by atomic mass is 9.92. The second kappa shape index (κ2) is 4.90. The number of nitro benzene ring substituents is 1. The van der Waals surface area contributed by atoms with Crippen LogP contribution in [0.25, 0.3) is 5.69 Å². The van der Waals surface area contributed by atoms with Crippen molar-refractivity contribution < 1.29 is 4.92 Å². The van der Waals surface area contributed by atoms with E-state index in [1.807, 2.05) is 20.8 Å². The van der Waals surface area contributed by atoms with Gasteiger partial charge in [0.1, 0.15) is 5.82 Å². The first-order chi connectivity index (χ1) is 9.21. The summed E-state index contributed by atoms with van der Waals surface area (Å²) in [6.07, 6.45) is 0. The Labute approximate surface area is 124 Å². The number of benzene rings is 1. The van der Waals surface area contributed by atoms with Crippen LogP contribution < -0.4 is 5.73 Å². The van der Waals surface area contributed by atoms with Crippen LogP contribution in [0.4, 0.5) is 11.5 Å². The van der Waals surface area contributed by atoms with Gasteiger partial charge in [-0.3, -0.25) is 10.1 Å². The molecule has 1 aromatic carbocycles. The molecule has 1 heterocycles. The topological polar surface area (TPSA) is 87.0 Å². The highest BCUT2D eigenvalue weighted by Gasteiger charge is 2.25. The fourth-order valence-corrected chi connectivity index (χ4v) is 2.65. The number of halogens is 1. The average Bonchev–Trinajstić information content (AvgIpc) is 2.66. The molecule has 0 aliphatic heterocycles. The number of aromatic nitrogens is 2. The first-order valence-electron chi connectivity index (χ1n) is 6.01. The monoisotopic (exact) mass is 338 g/mol. The van der Waals surface area contributed by atoms with Gasteiger partial charge in [0.05, 0.1) is 20.8 Å². The van der Waals surface area contributed by atoms with Crippen LogP contribution in [0, 0.1) is 10.1 Å². The van der Waals surface area contributed by atoms with Crippen molar-refractivity contribution in [3.8, 4) is 5.69 Å². The molecule has 0 fully saturated rings. The van der Waals surface area contributed by atoms with E-state index in [2.05, 4.69) is 21.0 Å². The number of nitrogens with two attached hydrogens (primary N) is 1. The van der Waals surface area contributed by atoms with Crippen LogP contribution in [0.5, 0.6) is 0 Å². The maximum Gasteiger partial charge on any atom is 0.269 e. The molecule has 2 N–H and O–H groups in total. The van der Waals surface area contributed by atoms with Gasteiger partial charge in [-0.15, -0.1) is 0 Å². The van der Waals surface area contributed by atoms with E-state index in [4.69, 9.17) is 5.73 Å². The third-order valence-corrected chi connectivity index (χ3v) is 3.66. The van der Waals surface area contributed by atoms with Crippen LogP contribution in [-0.2, 0) is 5.41 Å². The molecule has 7 heteroatoms. The number of non-ortho nitro benzene ring substituents is 1. The zero-order chi connectivity index (χ0) is 15.1. The first-order valence-corrected chi connectivity index (χ1v) is 6.80. The largest absolute Gasteiger partial charge is 0.383 e. The standard InChI is InChI=1S/C13H15BrN4O2/c1-13(2,3)11-10(14)12(15)17(16-11)8-4-6-9(7-5-8)18(19)20/h4-7H,15H2,1-3H3. The number of nitrogen functional groups attached to an aromatic ring is 1. The highest BCUT2D eigenvalue weighted by atomic mass is 79.9. The zero-order valence-corrected chi connectivity index (χ0v) is 13.0. The van der Waals surface area contributed by atoms with Gasteiger partial charge in [0.15, 0.2) is 0 Å². The highest BCUT2D eigenvalue weighted by molar-refractivity contribution is 9.10. The van der Waals surface area contributed by atoms with Gasteiger partial charge >= 0.3 is 0 Å². The summed E-state index contributed by atoms with van der Waals surface area (Å²) in [5.74, 6) is 0.476. The predicted molar refractivity (Wildman–Crippen MR) is 81.0 cm³/mol. The Morgan fingerprint density at radius 2 is 1.85 bits per heavy atom. The highest BCUT2D eigenvalue weighted by Crippen LogP contribution is 2.34. The summed E-state index contributed by atoms with van der Waals surface area (Å²) in [5.41, 5.74) is 7.46. The molecule has 0 radical (unpaired) electrons. The molecule has 0 spiro atoms. The van der Waals surface area contributed by atoms with Gasteiger partial charge in [0, 0.05) is 17.5 Å². The molecule has 1 aromatic heterocycles. The lowest BCUT2D eigenvalue weighted by Crippen LogP contribution is -2.13. The Bertz CT molecular complexity index is 656. The number of nitro groups is 1. The van der Waals surface area contributed by atoms with E-state index in [-0.39, 0.29) is 11.1 Å². The van der Waals surface area contributed by atoms with Crippen LogP contribution in [0.15, 0.2) is 28.7 Å². The second-order valence-electron chi connectivity index (χ2n) is 5.48. The van der Waals surface area contributed by atoms with Gasteiger partial charge in [-0.2, -0.15) is 5.10 Å². The minimum Gasteiger partial charge on any atom is -0.383 e. The number of anilines is 1. The summed E-state index contributed by atoms with van der Waals surface area (Å²) in [5, 5.41) is 15.2. The Morgan fingerprint density at radius 1 is 1.30 bits per heavy atom. The summed E-state index contributed by atoms with van der Waals surface area (Å²) in [7, 11) is 0. The Kier molecular flexibility index (Phi) is 3.56. The van der Waals surface area contributed by atoms with Crippen molar-refractivity contribution in [3.63, 3.8) is 0 Å². The van der Waals surface area contributed by atoms with E-state index < -0.39 is 4.92 Å². The third kappa shape index (κ3) is 2.53. The molecule has 20 heavy (non-hydrogen) atoms. The van der Waals surface area contributed by atoms with Crippen LogP contribution >= 0.6 is 15.9 Å². The quantitative estimate of drug-likeness (QED) is 0.671. The van der Waals surface area contributed by atoms with Crippen molar-refractivity contribution in [2.45, 2.75) is 26.2 Å². The van der Waals surface area contributed by atoms with E-state index in [9.17, 15) is 10.1 Å². The molecule has 2 aromatic rings. The predicted octanol–water partition coefficient (Wildman–Crippen LogP) is 3.42. The van der Waals surface area contributed by atoms with Crippen molar-refractivity contribution in [1.29, 1.82) is 0 Å². The van der Waals surface area contributed by atoms with Gasteiger partial charge < -0.3 is 5.73 Å². The first kappa shape index (κ1) is 14.5. The molecule has 0 aliphatic carbocycles. The smallest absolute Gasteiger partial charge is 0.269 e. The molecule has 0 saturated carbocycles. The Balaban J connectivity index is 2.51. The van der Waals surface area contributed by atoms with E-state index in [0.29, 0.717) is 11.5 Å². The Hall–Kier alpha value is -1.89.